The van der Waals surface area contributed by atoms with Crippen LogP contribution in [0.1, 0.15) is 5.56 Å². The van der Waals surface area contributed by atoms with Gasteiger partial charge in [0.2, 0.25) is 0 Å². The number of likely N-dealkylation sites (N-methyl/N-ethyl adjacent to an activating group) is 1. The molecule has 2 nitrogen and oxygen atoms in total. The van der Waals surface area contributed by atoms with Crippen molar-refractivity contribution in [3.63, 3.8) is 0 Å². The Bertz CT molecular complexity index is 272. The Balaban J connectivity index is 2.31. The van der Waals surface area contributed by atoms with Gasteiger partial charge in [0, 0.05) is 18.7 Å². The molecule has 0 amide bonds. The summed E-state index contributed by atoms with van der Waals surface area (Å²) < 4.78 is 5.45. The van der Waals surface area contributed by atoms with Gasteiger partial charge in [-0.05, 0) is 13.1 Å². The number of hydrogen-bond donors (Lipinski definition) is 0. The van der Waals surface area contributed by atoms with Crippen molar-refractivity contribution in [1.29, 1.82) is 0 Å². The lowest BCUT2D eigenvalue weighted by molar-refractivity contribution is 0.313. The Morgan fingerprint density at radius 3 is 3.08 bits per heavy atom. The number of benzene rings is 1. The summed E-state index contributed by atoms with van der Waals surface area (Å²) in [4.78, 5) is 2.21. The molecule has 1 radical (unpaired) electrons. The highest BCUT2D eigenvalue weighted by atomic mass is 16.5. The van der Waals surface area contributed by atoms with Gasteiger partial charge >= 0.3 is 0 Å². The highest BCUT2D eigenvalue weighted by Crippen LogP contribution is 2.22. The van der Waals surface area contributed by atoms with Crippen LogP contribution in [0.4, 0.5) is 0 Å². The summed E-state index contributed by atoms with van der Waals surface area (Å²) in [5.74, 6) is 0.988. The maximum Gasteiger partial charge on any atom is 0.149 e. The fraction of sp³-hybridized carbons (Fsp3) is 0.300. The van der Waals surface area contributed by atoms with Crippen molar-refractivity contribution in [2.75, 3.05) is 13.6 Å². The highest BCUT2D eigenvalue weighted by molar-refractivity contribution is 5.34. The average molecular weight is 162 g/mol. The van der Waals surface area contributed by atoms with Crippen LogP contribution in [-0.4, -0.2) is 18.5 Å². The van der Waals surface area contributed by atoms with Crippen LogP contribution in [0.5, 0.6) is 5.75 Å². The monoisotopic (exact) mass is 162 g/mol. The SMILES string of the molecule is CN1C[CH]Oc2ccccc2C1. The number of nitrogens with zero attached hydrogens (tertiary/aromatic N) is 1. The van der Waals surface area contributed by atoms with Crippen molar-refractivity contribution in [3.8, 4) is 5.75 Å². The second-order valence-electron chi connectivity index (χ2n) is 3.09. The molecule has 0 aromatic heterocycles. The smallest absolute Gasteiger partial charge is 0.149 e. The maximum atomic E-state index is 5.45. The van der Waals surface area contributed by atoms with Crippen molar-refractivity contribution in [3.05, 3.63) is 36.4 Å². The lowest BCUT2D eigenvalue weighted by atomic mass is 10.2. The molecule has 2 rings (SSSR count). The molecule has 1 heterocycles. The molecule has 63 valence electrons. The van der Waals surface area contributed by atoms with E-state index in [1.165, 1.54) is 5.56 Å². The Kier molecular flexibility index (Phi) is 2.00. The largest absolute Gasteiger partial charge is 0.485 e. The van der Waals surface area contributed by atoms with E-state index < -0.39 is 0 Å². The fourth-order valence-corrected chi connectivity index (χ4v) is 1.36. The van der Waals surface area contributed by atoms with E-state index in [1.807, 2.05) is 24.8 Å². The standard InChI is InChI=1S/C10H12NO/c1-11-6-7-12-10-5-3-2-4-9(10)8-11/h2-5,7H,6,8H2,1H3. The van der Waals surface area contributed by atoms with Gasteiger partial charge in [0.05, 0.1) is 0 Å². The third-order valence-electron chi connectivity index (χ3n) is 2.01. The van der Waals surface area contributed by atoms with Crippen molar-refractivity contribution in [2.45, 2.75) is 6.54 Å². The summed E-state index contributed by atoms with van der Waals surface area (Å²) in [6, 6.07) is 8.15. The van der Waals surface area contributed by atoms with Gasteiger partial charge in [-0.2, -0.15) is 0 Å². The van der Waals surface area contributed by atoms with Crippen LogP contribution < -0.4 is 4.74 Å². The van der Waals surface area contributed by atoms with Crippen LogP contribution in [0, 0.1) is 6.61 Å². The van der Waals surface area contributed by atoms with Crippen LogP contribution in [-0.2, 0) is 6.54 Å². The van der Waals surface area contributed by atoms with Gasteiger partial charge in [-0.3, -0.25) is 4.90 Å². The zero-order valence-electron chi connectivity index (χ0n) is 7.16. The highest BCUT2D eigenvalue weighted by Gasteiger charge is 2.10. The second kappa shape index (κ2) is 3.15. The number of ether oxygens (including phenoxy) is 1. The van der Waals surface area contributed by atoms with E-state index in [2.05, 4.69) is 18.0 Å². The number of rotatable bonds is 0. The van der Waals surface area contributed by atoms with Gasteiger partial charge in [-0.15, -0.1) is 0 Å². The molecule has 0 saturated carbocycles. The predicted octanol–water partition coefficient (Wildman–Crippen LogP) is 1.67. The molecule has 2 heteroatoms. The molecular formula is C10H12NO. The van der Waals surface area contributed by atoms with E-state index in [9.17, 15) is 0 Å². The van der Waals surface area contributed by atoms with E-state index >= 15 is 0 Å². The topological polar surface area (TPSA) is 12.5 Å². The van der Waals surface area contributed by atoms with E-state index in [1.54, 1.807) is 0 Å². The average Bonchev–Trinajstić information content (AvgIpc) is 2.25. The van der Waals surface area contributed by atoms with Gasteiger partial charge in [0.25, 0.3) is 0 Å². The van der Waals surface area contributed by atoms with Crippen molar-refractivity contribution < 1.29 is 4.74 Å². The van der Waals surface area contributed by atoms with Crippen LogP contribution in [0.3, 0.4) is 0 Å². The van der Waals surface area contributed by atoms with Gasteiger partial charge in [0.15, 0.2) is 0 Å². The van der Waals surface area contributed by atoms with E-state index in [0.29, 0.717) is 0 Å². The maximum absolute atomic E-state index is 5.45. The first-order valence-corrected chi connectivity index (χ1v) is 4.11. The Morgan fingerprint density at radius 1 is 1.33 bits per heavy atom. The van der Waals surface area contributed by atoms with Crippen LogP contribution >= 0.6 is 0 Å². The molecule has 0 bridgehead atoms. The molecule has 0 N–H and O–H groups in total. The molecule has 1 aromatic rings. The van der Waals surface area contributed by atoms with E-state index in [-0.39, 0.29) is 0 Å². The summed E-state index contributed by atoms with van der Waals surface area (Å²) >= 11 is 0. The minimum atomic E-state index is 0.884. The Morgan fingerprint density at radius 2 is 2.17 bits per heavy atom. The molecule has 1 aliphatic heterocycles. The normalized spacial score (nSPS) is 17.8. The molecule has 0 saturated heterocycles. The Hall–Kier alpha value is -1.02. The van der Waals surface area contributed by atoms with Crippen molar-refractivity contribution in [1.82, 2.24) is 4.90 Å². The molecule has 0 spiro atoms. The van der Waals surface area contributed by atoms with E-state index in [0.717, 1.165) is 18.8 Å². The zero-order valence-corrected chi connectivity index (χ0v) is 7.16. The summed E-state index contributed by atoms with van der Waals surface area (Å²) in [5, 5.41) is 0. The first-order valence-electron chi connectivity index (χ1n) is 4.11. The summed E-state index contributed by atoms with van der Waals surface area (Å²) in [6.45, 7) is 3.69. The third kappa shape index (κ3) is 1.43. The lowest BCUT2D eigenvalue weighted by Crippen LogP contribution is -2.17. The van der Waals surface area contributed by atoms with Crippen LogP contribution in [0.15, 0.2) is 24.3 Å². The number of para-hydroxylation sites is 1. The van der Waals surface area contributed by atoms with Gasteiger partial charge in [-0.25, -0.2) is 0 Å². The van der Waals surface area contributed by atoms with Gasteiger partial charge < -0.3 is 4.74 Å². The van der Waals surface area contributed by atoms with Gasteiger partial charge in [0.1, 0.15) is 12.4 Å². The molecule has 1 aliphatic rings. The quantitative estimate of drug-likeness (QED) is 0.575. The minimum Gasteiger partial charge on any atom is -0.485 e. The molecule has 0 atom stereocenters. The van der Waals surface area contributed by atoms with E-state index in [4.69, 9.17) is 4.74 Å². The number of hydrogen-bond acceptors (Lipinski definition) is 2. The molecule has 1 aromatic carbocycles. The third-order valence-corrected chi connectivity index (χ3v) is 2.01. The summed E-state index contributed by atoms with van der Waals surface area (Å²) in [7, 11) is 2.09. The first kappa shape index (κ1) is 7.62. The predicted molar refractivity (Wildman–Crippen MR) is 47.7 cm³/mol. The lowest BCUT2D eigenvalue weighted by Gasteiger charge is -2.10. The zero-order chi connectivity index (χ0) is 8.39. The van der Waals surface area contributed by atoms with Crippen molar-refractivity contribution >= 4 is 0 Å². The van der Waals surface area contributed by atoms with Crippen LogP contribution in [0.2, 0.25) is 0 Å². The molecular weight excluding hydrogens is 150 g/mol. The molecule has 0 fully saturated rings. The number of fused-ring (bicyclic) bond motifs is 1. The second-order valence-corrected chi connectivity index (χ2v) is 3.09. The summed E-state index contributed by atoms with van der Waals surface area (Å²) in [5.41, 5.74) is 1.26. The fourth-order valence-electron chi connectivity index (χ4n) is 1.36. The Labute approximate surface area is 72.8 Å². The van der Waals surface area contributed by atoms with Gasteiger partial charge in [-0.1, -0.05) is 18.2 Å². The molecule has 0 unspecified atom stereocenters. The first-order chi connectivity index (χ1) is 5.86. The summed E-state index contributed by atoms with van der Waals surface area (Å²) in [6.07, 6.45) is 0. The van der Waals surface area contributed by atoms with Crippen molar-refractivity contribution in [2.24, 2.45) is 0 Å². The van der Waals surface area contributed by atoms with Crippen LogP contribution in [0.25, 0.3) is 0 Å². The molecule has 12 heavy (non-hydrogen) atoms. The molecule has 0 aliphatic carbocycles. The minimum absolute atomic E-state index is 0.884.